The van der Waals surface area contributed by atoms with Crippen LogP contribution in [0.2, 0.25) is 0 Å². The van der Waals surface area contributed by atoms with E-state index in [0.29, 0.717) is 18.4 Å². The van der Waals surface area contributed by atoms with Crippen molar-refractivity contribution < 1.29 is 28.2 Å². The molecule has 0 amide bonds. The molecule has 9 atom stereocenters. The lowest BCUT2D eigenvalue weighted by Crippen LogP contribution is -2.63. The minimum Gasteiger partial charge on any atom is -0.449 e. The van der Waals surface area contributed by atoms with Crippen molar-refractivity contribution in [2.75, 3.05) is 0 Å². The fourth-order valence-electron chi connectivity index (χ4n) is 7.93. The van der Waals surface area contributed by atoms with Crippen LogP contribution in [0.15, 0.2) is 23.8 Å². The highest BCUT2D eigenvalue weighted by atomic mass is 32.1. The van der Waals surface area contributed by atoms with Gasteiger partial charge in [0.1, 0.15) is 11.8 Å². The maximum Gasteiger partial charge on any atom is 0.306 e. The smallest absolute Gasteiger partial charge is 0.306 e. The van der Waals surface area contributed by atoms with Crippen LogP contribution in [0.3, 0.4) is 0 Å². The highest BCUT2D eigenvalue weighted by molar-refractivity contribution is 7.96. The van der Waals surface area contributed by atoms with Gasteiger partial charge in [0.2, 0.25) is 5.12 Å². The van der Waals surface area contributed by atoms with Crippen molar-refractivity contribution >= 4 is 29.5 Å². The fourth-order valence-corrected chi connectivity index (χ4v) is 8.45. The number of ether oxygens (including phenoxy) is 2. The monoisotopic (exact) mass is 448 g/mol. The Morgan fingerprint density at radius 1 is 1.29 bits per heavy atom. The maximum atomic E-state index is 15.5. The van der Waals surface area contributed by atoms with Gasteiger partial charge in [-0.1, -0.05) is 26.8 Å². The molecule has 0 N–H and O–H groups in total. The van der Waals surface area contributed by atoms with Gasteiger partial charge in [-0.05, 0) is 55.7 Å². The first kappa shape index (κ1) is 21.4. The van der Waals surface area contributed by atoms with Crippen LogP contribution >= 0.6 is 12.6 Å². The molecule has 4 aliphatic carbocycles. The molecule has 7 heteroatoms. The molecule has 168 valence electrons. The second-order valence-electron chi connectivity index (χ2n) is 10.5. The Hall–Kier alpha value is -1.47. The van der Waals surface area contributed by atoms with Crippen LogP contribution in [0.5, 0.6) is 0 Å². The van der Waals surface area contributed by atoms with E-state index in [1.807, 2.05) is 26.8 Å². The van der Waals surface area contributed by atoms with Crippen molar-refractivity contribution in [3.05, 3.63) is 23.8 Å². The SMILES string of the molecule is CCC(=O)O[C@]1(C(=O)S)[C@H](C)C[C@H]2[C@@H]3C[C@H](F)C4=CC(=O)C=C[C@]4(C)[C@@]34O[C@H]4C[C@@]21C. The number of epoxide rings is 1. The van der Waals surface area contributed by atoms with Crippen LogP contribution in [-0.2, 0) is 23.9 Å². The molecule has 1 aliphatic heterocycles. The summed E-state index contributed by atoms with van der Waals surface area (Å²) in [6.45, 7) is 7.59. The van der Waals surface area contributed by atoms with E-state index in [1.165, 1.54) is 12.2 Å². The predicted octanol–water partition coefficient (Wildman–Crippen LogP) is 3.77. The van der Waals surface area contributed by atoms with Gasteiger partial charge in [-0.2, -0.15) is 0 Å². The van der Waals surface area contributed by atoms with Crippen LogP contribution in [-0.4, -0.2) is 40.3 Å². The first-order chi connectivity index (χ1) is 14.5. The van der Waals surface area contributed by atoms with E-state index in [-0.39, 0.29) is 42.5 Å². The number of alkyl halides is 1. The molecule has 5 aliphatic rings. The molecule has 3 saturated carbocycles. The fraction of sp³-hybridized carbons (Fsp3) is 0.708. The van der Waals surface area contributed by atoms with E-state index in [0.717, 1.165) is 0 Å². The quantitative estimate of drug-likeness (QED) is 0.404. The predicted molar refractivity (Wildman–Crippen MR) is 114 cm³/mol. The lowest BCUT2D eigenvalue weighted by atomic mass is 9.46. The molecule has 5 rings (SSSR count). The van der Waals surface area contributed by atoms with Crippen LogP contribution in [0.25, 0.3) is 0 Å². The second kappa shape index (κ2) is 6.31. The number of halogens is 1. The van der Waals surface area contributed by atoms with E-state index in [2.05, 4.69) is 12.6 Å². The third-order valence-electron chi connectivity index (χ3n) is 9.34. The van der Waals surface area contributed by atoms with Gasteiger partial charge < -0.3 is 9.47 Å². The summed E-state index contributed by atoms with van der Waals surface area (Å²) in [5.74, 6) is -1.07. The summed E-state index contributed by atoms with van der Waals surface area (Å²) in [7, 11) is 0. The minimum atomic E-state index is -1.35. The molecule has 1 saturated heterocycles. The van der Waals surface area contributed by atoms with E-state index in [4.69, 9.17) is 9.47 Å². The first-order valence-corrected chi connectivity index (χ1v) is 11.6. The van der Waals surface area contributed by atoms with Gasteiger partial charge in [0.05, 0.1) is 6.10 Å². The highest BCUT2D eigenvalue weighted by Crippen LogP contribution is 2.77. The number of esters is 1. The molecule has 1 spiro atoms. The Kier molecular flexibility index (Phi) is 4.35. The summed E-state index contributed by atoms with van der Waals surface area (Å²) in [5, 5.41) is -0.442. The molecule has 31 heavy (non-hydrogen) atoms. The summed E-state index contributed by atoms with van der Waals surface area (Å²) >= 11 is 4.21. The van der Waals surface area contributed by atoms with Gasteiger partial charge >= 0.3 is 5.97 Å². The molecule has 0 aromatic heterocycles. The standard InChI is InChI=1S/C24H29FO5S/c1-5-19(27)30-23(20(28)31)12(2)8-14-15-10-17(25)16-9-13(26)6-7-21(16,3)24(15)18(29-24)11-22(14,23)4/h6-7,9,12,14-15,17-18H,5,8,10-11H2,1-4H3,(H,28,31)/t12-,14+,15+,17+,18+,21+,22+,23+,24-/m1/s1. The molecular weight excluding hydrogens is 419 g/mol. The summed E-state index contributed by atoms with van der Waals surface area (Å²) in [5.41, 5.74) is -2.84. The van der Waals surface area contributed by atoms with Crippen LogP contribution in [0, 0.1) is 28.6 Å². The minimum absolute atomic E-state index is 0.0651. The summed E-state index contributed by atoms with van der Waals surface area (Å²) < 4.78 is 27.9. The van der Waals surface area contributed by atoms with Gasteiger partial charge in [-0.3, -0.25) is 14.4 Å². The third kappa shape index (κ3) is 2.30. The molecule has 1 heterocycles. The van der Waals surface area contributed by atoms with Gasteiger partial charge in [-0.25, -0.2) is 4.39 Å². The Balaban J connectivity index is 1.62. The second-order valence-corrected chi connectivity index (χ2v) is 10.9. The topological polar surface area (TPSA) is 73.0 Å². The zero-order valence-corrected chi connectivity index (χ0v) is 19.2. The molecule has 5 nitrogen and oxygen atoms in total. The average molecular weight is 449 g/mol. The average Bonchev–Trinajstić information content (AvgIpc) is 3.38. The lowest BCUT2D eigenvalue weighted by Gasteiger charge is -2.56. The summed E-state index contributed by atoms with van der Waals surface area (Å²) in [4.78, 5) is 37.3. The number of thiol groups is 1. The zero-order chi connectivity index (χ0) is 22.6. The largest absolute Gasteiger partial charge is 0.449 e. The molecule has 4 fully saturated rings. The van der Waals surface area contributed by atoms with Crippen molar-refractivity contribution in [3.8, 4) is 0 Å². The van der Waals surface area contributed by atoms with Gasteiger partial charge in [0, 0.05) is 23.2 Å². The number of hydrogen-bond acceptors (Lipinski definition) is 5. The van der Waals surface area contributed by atoms with E-state index in [1.54, 1.807) is 6.92 Å². The highest BCUT2D eigenvalue weighted by Gasteiger charge is 2.83. The maximum absolute atomic E-state index is 15.5. The van der Waals surface area contributed by atoms with Crippen molar-refractivity contribution in [3.63, 3.8) is 0 Å². The number of hydrogen-bond donors (Lipinski definition) is 1. The number of carbonyl (C=O) groups excluding carboxylic acids is 3. The lowest BCUT2D eigenvalue weighted by molar-refractivity contribution is -0.187. The Morgan fingerprint density at radius 2 is 2.00 bits per heavy atom. The molecular formula is C24H29FO5S. The first-order valence-electron chi connectivity index (χ1n) is 11.2. The number of ketones is 1. The summed E-state index contributed by atoms with van der Waals surface area (Å²) in [6.07, 6.45) is 4.89. The Bertz CT molecular complexity index is 960. The number of carbonyl (C=O) groups is 3. The van der Waals surface area contributed by atoms with E-state index < -0.39 is 39.3 Å². The van der Waals surface area contributed by atoms with Gasteiger partial charge in [-0.15, -0.1) is 12.6 Å². The normalized spacial score (nSPS) is 51.7. The van der Waals surface area contributed by atoms with Crippen LogP contribution < -0.4 is 0 Å². The van der Waals surface area contributed by atoms with Crippen LogP contribution in [0.1, 0.15) is 53.4 Å². The van der Waals surface area contributed by atoms with Crippen molar-refractivity contribution in [2.45, 2.75) is 76.9 Å². The number of fused-ring (bicyclic) bond motifs is 3. The van der Waals surface area contributed by atoms with E-state index >= 15 is 4.39 Å². The zero-order valence-electron chi connectivity index (χ0n) is 18.3. The van der Waals surface area contributed by atoms with Gasteiger partial charge in [0.25, 0.3) is 0 Å². The number of allylic oxidation sites excluding steroid dienone is 2. The van der Waals surface area contributed by atoms with Crippen LogP contribution in [0.4, 0.5) is 4.39 Å². The third-order valence-corrected chi connectivity index (χ3v) is 9.67. The molecule has 0 aromatic rings. The Morgan fingerprint density at radius 3 is 2.65 bits per heavy atom. The van der Waals surface area contributed by atoms with Crippen molar-refractivity contribution in [2.24, 2.45) is 28.6 Å². The van der Waals surface area contributed by atoms with Crippen molar-refractivity contribution in [1.29, 1.82) is 0 Å². The molecule has 0 unspecified atom stereocenters. The molecule has 0 bridgehead atoms. The Labute approximate surface area is 187 Å². The van der Waals surface area contributed by atoms with Crippen molar-refractivity contribution in [1.82, 2.24) is 0 Å². The number of rotatable bonds is 3. The van der Waals surface area contributed by atoms with Gasteiger partial charge in [0.15, 0.2) is 11.4 Å². The molecule has 0 aromatic carbocycles. The molecule has 0 radical (unpaired) electrons. The summed E-state index contributed by atoms with van der Waals surface area (Å²) in [6, 6.07) is 0. The van der Waals surface area contributed by atoms with E-state index in [9.17, 15) is 14.4 Å².